The molecular weight excluding hydrogens is 759 g/mol. The zero-order valence-electron chi connectivity index (χ0n) is 28.9. The van der Waals surface area contributed by atoms with Crippen molar-refractivity contribution >= 4 is 52.4 Å². The molecule has 11 nitrogen and oxygen atoms in total. The van der Waals surface area contributed by atoms with E-state index in [2.05, 4.69) is 15.1 Å². The molecule has 4 bridgehead atoms. The lowest BCUT2D eigenvalue weighted by Gasteiger charge is -2.47. The maximum Gasteiger partial charge on any atom is 0.490 e. The van der Waals surface area contributed by atoms with Gasteiger partial charge in [0.15, 0.2) is 6.73 Å². The second-order valence-corrected chi connectivity index (χ2v) is 14.6. The van der Waals surface area contributed by atoms with Crippen LogP contribution in [0.15, 0.2) is 42.5 Å². The van der Waals surface area contributed by atoms with Gasteiger partial charge in [0.25, 0.3) is 5.91 Å². The molecular formula is C37H36Cl2F4N4O7. The number of aliphatic carboxylic acids is 1. The summed E-state index contributed by atoms with van der Waals surface area (Å²) in [5, 5.41) is 11.3. The first kappa shape index (κ1) is 38.0. The van der Waals surface area contributed by atoms with E-state index in [0.29, 0.717) is 63.5 Å². The summed E-state index contributed by atoms with van der Waals surface area (Å²) in [6.45, 7) is 3.05. The SMILES string of the molecule is COC(=O)c1cc(F)c(-c2cccc3c2OCN(C(=O)c2c(Cl)cc(N4C[C@@H]5CC[C@H]4CN5)cc2Cl)C3)cc1N1C2CCC1COC2.O=C(O)C(F)(F)F. The van der Waals surface area contributed by atoms with Gasteiger partial charge in [0.1, 0.15) is 11.6 Å². The van der Waals surface area contributed by atoms with Crippen molar-refractivity contribution in [1.82, 2.24) is 10.2 Å². The first-order valence-corrected chi connectivity index (χ1v) is 18.1. The van der Waals surface area contributed by atoms with Crippen LogP contribution >= 0.6 is 23.2 Å². The summed E-state index contributed by atoms with van der Waals surface area (Å²) in [7, 11) is 1.30. The van der Waals surface area contributed by atoms with Crippen LogP contribution in [0.4, 0.5) is 28.9 Å². The third-order valence-electron chi connectivity index (χ3n) is 10.6. The molecule has 4 atom stereocenters. The minimum atomic E-state index is -5.08. The average Bonchev–Trinajstić information content (AvgIpc) is 3.40. The monoisotopic (exact) mass is 794 g/mol. The molecule has 6 aliphatic rings. The summed E-state index contributed by atoms with van der Waals surface area (Å²) in [5.74, 6) is -3.78. The van der Waals surface area contributed by atoms with E-state index in [0.717, 1.165) is 44.5 Å². The average molecular weight is 796 g/mol. The van der Waals surface area contributed by atoms with Crippen LogP contribution in [0.5, 0.6) is 5.75 Å². The Hall–Kier alpha value is -4.31. The van der Waals surface area contributed by atoms with Crippen molar-refractivity contribution in [2.45, 2.75) is 62.6 Å². The number of hydrogen-bond acceptors (Lipinski definition) is 9. The molecule has 0 saturated carbocycles. The van der Waals surface area contributed by atoms with Crippen molar-refractivity contribution in [2.24, 2.45) is 0 Å². The van der Waals surface area contributed by atoms with Crippen LogP contribution < -0.4 is 19.9 Å². The van der Waals surface area contributed by atoms with E-state index >= 15 is 4.39 Å². The molecule has 0 spiro atoms. The minimum Gasteiger partial charge on any atom is -0.475 e. The molecule has 0 radical (unpaired) electrons. The van der Waals surface area contributed by atoms with Crippen molar-refractivity contribution in [3.05, 3.63) is 75.0 Å². The summed E-state index contributed by atoms with van der Waals surface area (Å²) in [4.78, 5) is 41.6. The topological polar surface area (TPSA) is 121 Å². The zero-order chi connectivity index (χ0) is 38.5. The third kappa shape index (κ3) is 7.26. The van der Waals surface area contributed by atoms with Gasteiger partial charge < -0.3 is 39.3 Å². The molecule has 6 aliphatic heterocycles. The summed E-state index contributed by atoms with van der Waals surface area (Å²) >= 11 is 13.5. The fraction of sp³-hybridized carbons (Fsp3) is 0.432. The molecule has 17 heteroatoms. The summed E-state index contributed by atoms with van der Waals surface area (Å²) < 4.78 is 64.6. The molecule has 5 saturated heterocycles. The van der Waals surface area contributed by atoms with E-state index in [1.807, 2.05) is 24.3 Å². The number of nitrogens with one attached hydrogen (secondary N) is 1. The molecule has 54 heavy (non-hydrogen) atoms. The van der Waals surface area contributed by atoms with Crippen molar-refractivity contribution in [3.8, 4) is 16.9 Å². The highest BCUT2D eigenvalue weighted by atomic mass is 35.5. The number of carboxylic acid groups (broad SMARTS) is 1. The molecule has 2 N–H and O–H groups in total. The number of benzene rings is 3. The number of carbonyl (C=O) groups excluding carboxylic acids is 2. The number of esters is 1. The zero-order valence-corrected chi connectivity index (χ0v) is 30.4. The second-order valence-electron chi connectivity index (χ2n) is 13.8. The summed E-state index contributed by atoms with van der Waals surface area (Å²) in [6, 6.07) is 13.1. The van der Waals surface area contributed by atoms with E-state index in [9.17, 15) is 22.8 Å². The van der Waals surface area contributed by atoms with E-state index in [1.165, 1.54) is 13.2 Å². The van der Waals surface area contributed by atoms with Crippen molar-refractivity contribution in [3.63, 3.8) is 0 Å². The van der Waals surface area contributed by atoms with Gasteiger partial charge in [-0.15, -0.1) is 0 Å². The Morgan fingerprint density at radius 3 is 2.20 bits per heavy atom. The number of anilines is 2. The smallest absolute Gasteiger partial charge is 0.475 e. The predicted octanol–water partition coefficient (Wildman–Crippen LogP) is 6.52. The normalized spacial score (nSPS) is 22.9. The second kappa shape index (κ2) is 15.1. The van der Waals surface area contributed by atoms with Crippen LogP contribution in [0.2, 0.25) is 10.0 Å². The Kier molecular flexibility index (Phi) is 10.6. The number of para-hydroxylation sites is 1. The highest BCUT2D eigenvalue weighted by Gasteiger charge is 2.41. The number of hydrogen-bond donors (Lipinski definition) is 2. The van der Waals surface area contributed by atoms with E-state index in [-0.39, 0.29) is 42.4 Å². The molecule has 6 heterocycles. The van der Waals surface area contributed by atoms with Crippen molar-refractivity contribution in [1.29, 1.82) is 0 Å². The van der Waals surface area contributed by atoms with E-state index < -0.39 is 23.9 Å². The Balaban J connectivity index is 0.000000588. The van der Waals surface area contributed by atoms with Gasteiger partial charge in [-0.1, -0.05) is 41.4 Å². The predicted molar refractivity (Wildman–Crippen MR) is 191 cm³/mol. The number of piperidine rings is 2. The molecule has 288 valence electrons. The van der Waals surface area contributed by atoms with E-state index in [1.54, 1.807) is 17.0 Å². The fourth-order valence-electron chi connectivity index (χ4n) is 8.01. The first-order chi connectivity index (χ1) is 25.7. The number of alkyl halides is 3. The molecule has 0 aliphatic carbocycles. The number of carboxylic acids is 1. The number of amides is 1. The molecule has 3 aromatic carbocycles. The molecule has 1 amide bonds. The van der Waals surface area contributed by atoms with Crippen LogP contribution in [-0.2, 0) is 20.8 Å². The molecule has 0 aromatic heterocycles. The number of piperazine rings is 1. The van der Waals surface area contributed by atoms with Gasteiger partial charge in [-0.2, -0.15) is 13.2 Å². The van der Waals surface area contributed by atoms with Crippen LogP contribution in [0.25, 0.3) is 11.1 Å². The van der Waals surface area contributed by atoms with Crippen LogP contribution in [0.1, 0.15) is 52.0 Å². The number of rotatable bonds is 5. The van der Waals surface area contributed by atoms with Gasteiger partial charge in [-0.05, 0) is 49.9 Å². The fourth-order valence-corrected chi connectivity index (χ4v) is 8.64. The van der Waals surface area contributed by atoms with Gasteiger partial charge >= 0.3 is 18.1 Å². The number of nitrogens with zero attached hydrogens (tertiary/aromatic N) is 3. The highest BCUT2D eigenvalue weighted by Crippen LogP contribution is 2.44. The number of morpholine rings is 1. The van der Waals surface area contributed by atoms with E-state index in [4.69, 9.17) is 47.3 Å². The number of carbonyl (C=O) groups is 3. The lowest BCUT2D eigenvalue weighted by atomic mass is 9.92. The van der Waals surface area contributed by atoms with Gasteiger partial charge in [-0.3, -0.25) is 4.79 Å². The van der Waals surface area contributed by atoms with Gasteiger partial charge in [0, 0.05) is 47.6 Å². The number of fused-ring (bicyclic) bond motifs is 6. The van der Waals surface area contributed by atoms with Gasteiger partial charge in [0.05, 0.1) is 65.8 Å². The number of methoxy groups -OCH3 is 1. The third-order valence-corrected chi connectivity index (χ3v) is 11.2. The van der Waals surface area contributed by atoms with Crippen molar-refractivity contribution in [2.75, 3.05) is 49.9 Å². The first-order valence-electron chi connectivity index (χ1n) is 17.4. The van der Waals surface area contributed by atoms with Crippen LogP contribution in [0, 0.1) is 5.82 Å². The Morgan fingerprint density at radius 1 is 0.963 bits per heavy atom. The Morgan fingerprint density at radius 2 is 1.63 bits per heavy atom. The number of halogens is 6. The lowest BCUT2D eigenvalue weighted by molar-refractivity contribution is -0.192. The summed E-state index contributed by atoms with van der Waals surface area (Å²) in [5.41, 5.74) is 3.51. The Bertz CT molecular complexity index is 1940. The van der Waals surface area contributed by atoms with Gasteiger partial charge in [-0.25, -0.2) is 14.0 Å². The standard InChI is InChI=1S/C35H35Cl2FN4O5.C2HF3O2/c1-45-35(44)27-11-30(38)26(12-31(27)42-22-7-8-23(42)17-46-16-22)25-4-2-3-19-14-40(18-47-33(19)25)34(43)32-28(36)9-24(10-29(32)37)41-15-20-5-6-21(41)13-39-20;3-2(4,5)1(6)7/h2-4,9-12,20-23,39H,5-8,13-18H2,1H3;(H,6,7)/t20-,21-,22?,23?;/m0./s1. The quantitative estimate of drug-likeness (QED) is 0.218. The molecule has 3 aromatic rings. The maximum absolute atomic E-state index is 15.9. The maximum atomic E-state index is 15.9. The minimum absolute atomic E-state index is 0.0683. The largest absolute Gasteiger partial charge is 0.490 e. The highest BCUT2D eigenvalue weighted by molar-refractivity contribution is 6.40. The molecule has 5 fully saturated rings. The van der Waals surface area contributed by atoms with Gasteiger partial charge in [0.2, 0.25) is 0 Å². The molecule has 9 rings (SSSR count). The Labute approximate surface area is 317 Å². The molecule has 2 unspecified atom stereocenters. The van der Waals surface area contributed by atoms with Crippen LogP contribution in [-0.4, -0.2) is 98.3 Å². The summed E-state index contributed by atoms with van der Waals surface area (Å²) in [6.07, 6.45) is -0.966. The van der Waals surface area contributed by atoms with Crippen molar-refractivity contribution < 1.29 is 51.3 Å². The van der Waals surface area contributed by atoms with Crippen LogP contribution in [0.3, 0.4) is 0 Å². The number of ether oxygens (including phenoxy) is 3. The lowest BCUT2D eigenvalue weighted by Crippen LogP contribution is -2.61.